The molecule has 3 nitrogen and oxygen atoms in total. The number of ether oxygens (including phenoxy) is 2. The first-order valence-corrected chi connectivity index (χ1v) is 7.18. The van der Waals surface area contributed by atoms with Crippen LogP contribution in [0, 0.1) is 5.92 Å². The predicted octanol–water partition coefficient (Wildman–Crippen LogP) is 2.35. The number of hydrogen-bond acceptors (Lipinski definition) is 3. The maximum atomic E-state index is 5.88. The van der Waals surface area contributed by atoms with E-state index in [1.54, 1.807) is 0 Å². The summed E-state index contributed by atoms with van der Waals surface area (Å²) >= 11 is 0. The van der Waals surface area contributed by atoms with Crippen LogP contribution in [0.2, 0.25) is 0 Å². The Morgan fingerprint density at radius 1 is 1.35 bits per heavy atom. The second-order valence-corrected chi connectivity index (χ2v) is 5.50. The topological polar surface area (TPSA) is 30.5 Å². The highest BCUT2D eigenvalue weighted by molar-refractivity contribution is 5.02. The quantitative estimate of drug-likeness (QED) is 0.774. The van der Waals surface area contributed by atoms with Gasteiger partial charge in [0.15, 0.2) is 0 Å². The molecule has 0 spiro atoms. The summed E-state index contributed by atoms with van der Waals surface area (Å²) < 4.78 is 11.4. The Bertz CT molecular complexity index is 217. The van der Waals surface area contributed by atoms with Gasteiger partial charge in [-0.2, -0.15) is 0 Å². The summed E-state index contributed by atoms with van der Waals surface area (Å²) in [5, 5.41) is 3.75. The van der Waals surface area contributed by atoms with Crippen molar-refractivity contribution in [3.63, 3.8) is 0 Å². The second kappa shape index (κ2) is 6.17. The summed E-state index contributed by atoms with van der Waals surface area (Å²) in [6.07, 6.45) is 7.34. The molecule has 0 aromatic rings. The van der Waals surface area contributed by atoms with Gasteiger partial charge in [-0.25, -0.2) is 0 Å². The fourth-order valence-electron chi connectivity index (χ4n) is 3.30. The van der Waals surface area contributed by atoms with Crippen LogP contribution in [-0.2, 0) is 9.47 Å². The first-order chi connectivity index (χ1) is 8.32. The van der Waals surface area contributed by atoms with Gasteiger partial charge < -0.3 is 14.8 Å². The molecule has 0 aromatic heterocycles. The maximum Gasteiger partial charge on any atom is 0.0833 e. The number of methoxy groups -OCH3 is 1. The average Bonchev–Trinajstić information content (AvgIpc) is 2.33. The van der Waals surface area contributed by atoms with Gasteiger partial charge in [0.25, 0.3) is 0 Å². The highest BCUT2D eigenvalue weighted by atomic mass is 16.5. The maximum absolute atomic E-state index is 5.88. The molecule has 2 rings (SSSR count). The van der Waals surface area contributed by atoms with Crippen molar-refractivity contribution in [3.8, 4) is 0 Å². The van der Waals surface area contributed by atoms with Crippen molar-refractivity contribution < 1.29 is 9.47 Å². The third-order valence-electron chi connectivity index (χ3n) is 4.52. The molecule has 100 valence electrons. The van der Waals surface area contributed by atoms with Crippen LogP contribution in [0.25, 0.3) is 0 Å². The molecule has 0 aromatic carbocycles. The smallest absolute Gasteiger partial charge is 0.0833 e. The molecule has 1 unspecified atom stereocenters. The van der Waals surface area contributed by atoms with Crippen molar-refractivity contribution in [2.24, 2.45) is 5.92 Å². The molecule has 1 atom stereocenters. The lowest BCUT2D eigenvalue weighted by Gasteiger charge is -2.50. The Morgan fingerprint density at radius 3 is 2.53 bits per heavy atom. The van der Waals surface area contributed by atoms with Crippen molar-refractivity contribution in [2.45, 2.75) is 57.1 Å². The zero-order valence-corrected chi connectivity index (χ0v) is 11.3. The summed E-state index contributed by atoms with van der Waals surface area (Å²) in [7, 11) is 1.89. The Kier molecular flexibility index (Phi) is 4.83. The van der Waals surface area contributed by atoms with E-state index in [2.05, 4.69) is 12.2 Å². The van der Waals surface area contributed by atoms with E-state index in [0.29, 0.717) is 6.04 Å². The van der Waals surface area contributed by atoms with Crippen molar-refractivity contribution in [1.82, 2.24) is 5.32 Å². The molecular weight excluding hydrogens is 214 g/mol. The largest absolute Gasteiger partial charge is 0.381 e. The van der Waals surface area contributed by atoms with E-state index < -0.39 is 0 Å². The minimum absolute atomic E-state index is 0.122. The third kappa shape index (κ3) is 2.83. The number of rotatable bonds is 6. The fraction of sp³-hybridized carbons (Fsp3) is 1.00. The normalized spacial score (nSPS) is 26.5. The molecule has 1 saturated carbocycles. The van der Waals surface area contributed by atoms with Gasteiger partial charge in [-0.1, -0.05) is 6.92 Å². The van der Waals surface area contributed by atoms with Gasteiger partial charge in [0.2, 0.25) is 0 Å². The molecule has 3 heteroatoms. The molecule has 1 aliphatic heterocycles. The van der Waals surface area contributed by atoms with Gasteiger partial charge in [0.05, 0.1) is 5.60 Å². The molecule has 0 amide bonds. The molecule has 17 heavy (non-hydrogen) atoms. The van der Waals surface area contributed by atoms with E-state index in [4.69, 9.17) is 9.47 Å². The summed E-state index contributed by atoms with van der Waals surface area (Å²) in [6, 6.07) is 0.532. The van der Waals surface area contributed by atoms with Crippen molar-refractivity contribution in [3.05, 3.63) is 0 Å². The fourth-order valence-corrected chi connectivity index (χ4v) is 3.30. The standard InChI is InChI=1S/C14H27NO2/c1-3-9-15-13(12-5-10-17-11-6-12)14(16-2)7-4-8-14/h12-13,15H,3-11H2,1-2H3. The van der Waals surface area contributed by atoms with Crippen LogP contribution in [0.5, 0.6) is 0 Å². The molecule has 0 bridgehead atoms. The summed E-state index contributed by atoms with van der Waals surface area (Å²) in [5.74, 6) is 0.732. The summed E-state index contributed by atoms with van der Waals surface area (Å²) in [4.78, 5) is 0. The van der Waals surface area contributed by atoms with E-state index in [1.807, 2.05) is 7.11 Å². The van der Waals surface area contributed by atoms with Crippen LogP contribution < -0.4 is 5.32 Å². The Labute approximate surface area is 105 Å². The molecule has 0 radical (unpaired) electrons. The van der Waals surface area contributed by atoms with Crippen LogP contribution in [0.3, 0.4) is 0 Å². The van der Waals surface area contributed by atoms with Crippen LogP contribution in [0.4, 0.5) is 0 Å². The lowest BCUT2D eigenvalue weighted by atomic mass is 9.68. The molecule has 1 N–H and O–H groups in total. The molecule has 2 aliphatic rings. The highest BCUT2D eigenvalue weighted by Gasteiger charge is 2.47. The predicted molar refractivity (Wildman–Crippen MR) is 69.2 cm³/mol. The van der Waals surface area contributed by atoms with Crippen molar-refractivity contribution in [1.29, 1.82) is 0 Å². The van der Waals surface area contributed by atoms with Gasteiger partial charge in [0.1, 0.15) is 0 Å². The molecule has 1 saturated heterocycles. The lowest BCUT2D eigenvalue weighted by Crippen LogP contribution is -2.60. The number of nitrogens with one attached hydrogen (secondary N) is 1. The molecule has 1 aliphatic carbocycles. The van der Waals surface area contributed by atoms with Crippen molar-refractivity contribution in [2.75, 3.05) is 26.9 Å². The SMILES string of the molecule is CCCNC(C1CCOCC1)C1(OC)CCC1. The first-order valence-electron chi connectivity index (χ1n) is 7.18. The zero-order chi connectivity index (χ0) is 12.1. The van der Waals surface area contributed by atoms with Gasteiger partial charge in [-0.15, -0.1) is 0 Å². The van der Waals surface area contributed by atoms with Gasteiger partial charge in [-0.3, -0.25) is 0 Å². The van der Waals surface area contributed by atoms with E-state index >= 15 is 0 Å². The number of hydrogen-bond donors (Lipinski definition) is 1. The average molecular weight is 241 g/mol. The van der Waals surface area contributed by atoms with Crippen LogP contribution in [0.15, 0.2) is 0 Å². The molecular formula is C14H27NO2. The Morgan fingerprint density at radius 2 is 2.06 bits per heavy atom. The second-order valence-electron chi connectivity index (χ2n) is 5.50. The van der Waals surface area contributed by atoms with E-state index in [0.717, 1.165) is 25.7 Å². The Balaban J connectivity index is 2.00. The van der Waals surface area contributed by atoms with E-state index in [-0.39, 0.29) is 5.60 Å². The monoisotopic (exact) mass is 241 g/mol. The third-order valence-corrected chi connectivity index (χ3v) is 4.52. The minimum atomic E-state index is 0.122. The van der Waals surface area contributed by atoms with Crippen molar-refractivity contribution >= 4 is 0 Å². The van der Waals surface area contributed by atoms with E-state index in [1.165, 1.54) is 38.5 Å². The molecule has 1 heterocycles. The van der Waals surface area contributed by atoms with Crippen LogP contribution in [0.1, 0.15) is 45.4 Å². The van der Waals surface area contributed by atoms with Crippen LogP contribution >= 0.6 is 0 Å². The lowest BCUT2D eigenvalue weighted by molar-refractivity contribution is -0.120. The summed E-state index contributed by atoms with van der Waals surface area (Å²) in [6.45, 7) is 5.19. The molecule has 2 fully saturated rings. The Hall–Kier alpha value is -0.120. The van der Waals surface area contributed by atoms with Crippen LogP contribution in [-0.4, -0.2) is 38.5 Å². The minimum Gasteiger partial charge on any atom is -0.381 e. The highest BCUT2D eigenvalue weighted by Crippen LogP contribution is 2.42. The first kappa shape index (κ1) is 13.3. The zero-order valence-electron chi connectivity index (χ0n) is 11.3. The van der Waals surface area contributed by atoms with Gasteiger partial charge in [-0.05, 0) is 51.0 Å². The van der Waals surface area contributed by atoms with Gasteiger partial charge >= 0.3 is 0 Å². The van der Waals surface area contributed by atoms with E-state index in [9.17, 15) is 0 Å². The summed E-state index contributed by atoms with van der Waals surface area (Å²) in [5.41, 5.74) is 0.122. The van der Waals surface area contributed by atoms with Gasteiger partial charge in [0, 0.05) is 26.4 Å².